The molecular weight excluding hydrogens is 220 g/mol. The molecule has 98 valence electrons. The minimum Gasteiger partial charge on any atom is -0.381 e. The van der Waals surface area contributed by atoms with Crippen LogP contribution in [-0.2, 0) is 14.3 Å². The Hall–Kier alpha value is -0.650. The van der Waals surface area contributed by atoms with Gasteiger partial charge in [0.05, 0.1) is 13.2 Å². The number of nitrogens with zero attached hydrogens (tertiary/aromatic N) is 1. The molecule has 0 aromatic heterocycles. The lowest BCUT2D eigenvalue weighted by atomic mass is 10.1. The SMILES string of the molecule is C[C@H]1CNCCN1C(=O)COCC1CCOC1. The lowest BCUT2D eigenvalue weighted by Crippen LogP contribution is -2.53. The van der Waals surface area contributed by atoms with Gasteiger partial charge in [-0.15, -0.1) is 0 Å². The highest BCUT2D eigenvalue weighted by molar-refractivity contribution is 5.77. The minimum atomic E-state index is 0.109. The van der Waals surface area contributed by atoms with Gasteiger partial charge in [0.25, 0.3) is 0 Å². The van der Waals surface area contributed by atoms with Crippen molar-refractivity contribution >= 4 is 5.91 Å². The maximum atomic E-state index is 11.9. The van der Waals surface area contributed by atoms with Crippen molar-refractivity contribution in [3.63, 3.8) is 0 Å². The third kappa shape index (κ3) is 3.66. The van der Waals surface area contributed by atoms with E-state index in [-0.39, 0.29) is 18.6 Å². The molecular formula is C12H22N2O3. The fourth-order valence-corrected chi connectivity index (χ4v) is 2.32. The molecule has 2 atom stereocenters. The Morgan fingerprint density at radius 3 is 3.18 bits per heavy atom. The molecule has 0 radical (unpaired) electrons. The van der Waals surface area contributed by atoms with Gasteiger partial charge >= 0.3 is 0 Å². The fourth-order valence-electron chi connectivity index (χ4n) is 2.32. The summed E-state index contributed by atoms with van der Waals surface area (Å²) in [5.41, 5.74) is 0. The monoisotopic (exact) mass is 242 g/mol. The quantitative estimate of drug-likeness (QED) is 0.745. The Labute approximate surface area is 102 Å². The summed E-state index contributed by atoms with van der Waals surface area (Å²) in [6.07, 6.45) is 1.05. The molecule has 17 heavy (non-hydrogen) atoms. The van der Waals surface area contributed by atoms with Gasteiger partial charge in [-0.05, 0) is 13.3 Å². The van der Waals surface area contributed by atoms with Crippen LogP contribution in [0.3, 0.4) is 0 Å². The first kappa shape index (κ1) is 12.8. The molecule has 2 aliphatic heterocycles. The summed E-state index contributed by atoms with van der Waals surface area (Å²) in [4.78, 5) is 13.8. The van der Waals surface area contributed by atoms with Gasteiger partial charge < -0.3 is 19.7 Å². The maximum absolute atomic E-state index is 11.9. The van der Waals surface area contributed by atoms with Crippen LogP contribution in [0.25, 0.3) is 0 Å². The van der Waals surface area contributed by atoms with Crippen molar-refractivity contribution < 1.29 is 14.3 Å². The summed E-state index contributed by atoms with van der Waals surface area (Å²) >= 11 is 0. The van der Waals surface area contributed by atoms with E-state index in [1.807, 2.05) is 4.90 Å². The van der Waals surface area contributed by atoms with E-state index >= 15 is 0 Å². The van der Waals surface area contributed by atoms with Gasteiger partial charge in [0.2, 0.25) is 5.91 Å². The van der Waals surface area contributed by atoms with Gasteiger partial charge in [-0.25, -0.2) is 0 Å². The molecule has 0 aliphatic carbocycles. The summed E-state index contributed by atoms with van der Waals surface area (Å²) in [7, 11) is 0. The number of piperazine rings is 1. The number of carbonyl (C=O) groups is 1. The third-order valence-corrected chi connectivity index (χ3v) is 3.42. The zero-order valence-electron chi connectivity index (χ0n) is 10.5. The smallest absolute Gasteiger partial charge is 0.248 e. The highest BCUT2D eigenvalue weighted by atomic mass is 16.5. The zero-order valence-corrected chi connectivity index (χ0v) is 10.5. The molecule has 2 heterocycles. The molecule has 0 aromatic rings. The summed E-state index contributed by atoms with van der Waals surface area (Å²) in [6, 6.07) is 0.273. The second-order valence-electron chi connectivity index (χ2n) is 4.89. The van der Waals surface area contributed by atoms with Crippen molar-refractivity contribution in [1.82, 2.24) is 10.2 Å². The number of rotatable bonds is 4. The number of amides is 1. The van der Waals surface area contributed by atoms with Crippen molar-refractivity contribution in [2.45, 2.75) is 19.4 Å². The first-order chi connectivity index (χ1) is 8.27. The van der Waals surface area contributed by atoms with Crippen molar-refractivity contribution in [3.05, 3.63) is 0 Å². The van der Waals surface area contributed by atoms with Crippen molar-refractivity contribution in [3.8, 4) is 0 Å². The highest BCUT2D eigenvalue weighted by Crippen LogP contribution is 2.12. The molecule has 2 fully saturated rings. The Morgan fingerprint density at radius 1 is 1.59 bits per heavy atom. The van der Waals surface area contributed by atoms with Gasteiger partial charge in [-0.1, -0.05) is 0 Å². The Bertz CT molecular complexity index is 254. The van der Waals surface area contributed by atoms with Crippen LogP contribution >= 0.6 is 0 Å². The standard InChI is InChI=1S/C12H22N2O3/c1-10-6-13-3-4-14(10)12(15)9-17-8-11-2-5-16-7-11/h10-11,13H,2-9H2,1H3/t10-,11?/m0/s1. The van der Waals surface area contributed by atoms with Crippen LogP contribution in [0.4, 0.5) is 0 Å². The van der Waals surface area contributed by atoms with Gasteiger partial charge in [-0.3, -0.25) is 4.79 Å². The molecule has 1 N–H and O–H groups in total. The zero-order chi connectivity index (χ0) is 12.1. The molecule has 2 rings (SSSR count). The first-order valence-electron chi connectivity index (χ1n) is 6.43. The summed E-state index contributed by atoms with van der Waals surface area (Å²) in [5, 5.41) is 3.27. The van der Waals surface area contributed by atoms with E-state index in [9.17, 15) is 4.79 Å². The second-order valence-corrected chi connectivity index (χ2v) is 4.89. The molecule has 1 amide bonds. The van der Waals surface area contributed by atoms with E-state index < -0.39 is 0 Å². The maximum Gasteiger partial charge on any atom is 0.248 e. The molecule has 2 saturated heterocycles. The minimum absolute atomic E-state index is 0.109. The summed E-state index contributed by atoms with van der Waals surface area (Å²) in [6.45, 7) is 7.07. The summed E-state index contributed by atoms with van der Waals surface area (Å²) in [5.74, 6) is 0.584. The predicted octanol–water partition coefficient (Wildman–Crippen LogP) is -0.140. The normalized spacial score (nSPS) is 29.6. The van der Waals surface area contributed by atoms with Gasteiger partial charge in [0, 0.05) is 38.2 Å². The van der Waals surface area contributed by atoms with Crippen LogP contribution in [0.1, 0.15) is 13.3 Å². The molecule has 0 spiro atoms. The number of hydrogen-bond donors (Lipinski definition) is 1. The van der Waals surface area contributed by atoms with E-state index in [0.717, 1.165) is 39.3 Å². The van der Waals surface area contributed by atoms with E-state index in [4.69, 9.17) is 9.47 Å². The number of nitrogens with one attached hydrogen (secondary N) is 1. The third-order valence-electron chi connectivity index (χ3n) is 3.42. The summed E-state index contributed by atoms with van der Waals surface area (Å²) < 4.78 is 10.8. The Morgan fingerprint density at radius 2 is 2.47 bits per heavy atom. The van der Waals surface area contributed by atoms with Crippen LogP contribution in [0.2, 0.25) is 0 Å². The molecule has 0 bridgehead atoms. The number of ether oxygens (including phenoxy) is 2. The molecule has 0 saturated carbocycles. The molecule has 5 nitrogen and oxygen atoms in total. The van der Waals surface area contributed by atoms with Crippen molar-refractivity contribution in [1.29, 1.82) is 0 Å². The van der Waals surface area contributed by atoms with Crippen LogP contribution in [0.5, 0.6) is 0 Å². The number of carbonyl (C=O) groups excluding carboxylic acids is 1. The Balaban J connectivity index is 1.65. The molecule has 5 heteroatoms. The first-order valence-corrected chi connectivity index (χ1v) is 6.43. The van der Waals surface area contributed by atoms with Gasteiger partial charge in [0.15, 0.2) is 0 Å². The lowest BCUT2D eigenvalue weighted by Gasteiger charge is -2.33. The van der Waals surface area contributed by atoms with Crippen molar-refractivity contribution in [2.24, 2.45) is 5.92 Å². The topological polar surface area (TPSA) is 50.8 Å². The van der Waals surface area contributed by atoms with Crippen LogP contribution in [0, 0.1) is 5.92 Å². The highest BCUT2D eigenvalue weighted by Gasteiger charge is 2.23. The Kier molecular flexibility index (Phi) is 4.76. The van der Waals surface area contributed by atoms with Crippen molar-refractivity contribution in [2.75, 3.05) is 46.1 Å². The largest absolute Gasteiger partial charge is 0.381 e. The molecule has 1 unspecified atom stereocenters. The average molecular weight is 242 g/mol. The predicted molar refractivity (Wildman–Crippen MR) is 63.8 cm³/mol. The van der Waals surface area contributed by atoms with Crippen LogP contribution < -0.4 is 5.32 Å². The second kappa shape index (κ2) is 6.33. The van der Waals surface area contributed by atoms with E-state index in [0.29, 0.717) is 12.5 Å². The van der Waals surface area contributed by atoms with E-state index in [1.54, 1.807) is 0 Å². The van der Waals surface area contributed by atoms with Crippen LogP contribution in [0.15, 0.2) is 0 Å². The van der Waals surface area contributed by atoms with Gasteiger partial charge in [-0.2, -0.15) is 0 Å². The number of hydrogen-bond acceptors (Lipinski definition) is 4. The van der Waals surface area contributed by atoms with Gasteiger partial charge in [0.1, 0.15) is 6.61 Å². The fraction of sp³-hybridized carbons (Fsp3) is 0.917. The molecule has 0 aromatic carbocycles. The van der Waals surface area contributed by atoms with E-state index in [1.165, 1.54) is 0 Å². The van der Waals surface area contributed by atoms with Crippen LogP contribution in [-0.4, -0.2) is 62.9 Å². The average Bonchev–Trinajstić information content (AvgIpc) is 2.82. The lowest BCUT2D eigenvalue weighted by molar-refractivity contribution is -0.139. The molecule has 2 aliphatic rings. The van der Waals surface area contributed by atoms with E-state index in [2.05, 4.69) is 12.2 Å².